The van der Waals surface area contributed by atoms with Crippen LogP contribution < -0.4 is 4.90 Å². The summed E-state index contributed by atoms with van der Waals surface area (Å²) in [5, 5.41) is 4.89. The number of fused-ring (bicyclic) bond motifs is 1. The van der Waals surface area contributed by atoms with Crippen LogP contribution in [-0.2, 0) is 4.79 Å². The van der Waals surface area contributed by atoms with Gasteiger partial charge in [0.05, 0.1) is 5.92 Å². The monoisotopic (exact) mass is 423 g/mol. The molecular formula is C23H26FN5O2. The zero-order chi connectivity index (χ0) is 21.4. The second kappa shape index (κ2) is 8.24. The van der Waals surface area contributed by atoms with Crippen LogP contribution in [-0.4, -0.2) is 52.1 Å². The standard InChI is InChI=1S/C23H26FN5O2/c1-15-8-11-28(12-9-15)23(30)17-3-2-10-29(13-17)21-19-20(16-4-6-18(24)7-5-16)27-31-22(19)26-14-25-21/h4-7,14-15,17H,2-3,8-13H2,1H3/t17-/m1/s1. The van der Waals surface area contributed by atoms with Crippen LogP contribution in [0.25, 0.3) is 22.4 Å². The summed E-state index contributed by atoms with van der Waals surface area (Å²) >= 11 is 0. The molecule has 4 heterocycles. The maximum absolute atomic E-state index is 13.4. The van der Waals surface area contributed by atoms with Crippen molar-refractivity contribution in [2.24, 2.45) is 11.8 Å². The molecule has 3 aromatic rings. The van der Waals surface area contributed by atoms with Crippen LogP contribution in [0, 0.1) is 17.7 Å². The Morgan fingerprint density at radius 1 is 1.10 bits per heavy atom. The summed E-state index contributed by atoms with van der Waals surface area (Å²) < 4.78 is 18.8. The SMILES string of the molecule is CC1CCN(C(=O)[C@@H]2CCCN(c3ncnc4onc(-c5ccc(F)cc5)c34)C2)CC1. The molecule has 0 spiro atoms. The number of hydrogen-bond acceptors (Lipinski definition) is 6. The van der Waals surface area contributed by atoms with Gasteiger partial charge in [-0.05, 0) is 55.9 Å². The van der Waals surface area contributed by atoms with Gasteiger partial charge in [-0.15, -0.1) is 0 Å². The first-order chi connectivity index (χ1) is 15.1. The summed E-state index contributed by atoms with van der Waals surface area (Å²) in [5.74, 6) is 1.32. The van der Waals surface area contributed by atoms with Crippen LogP contribution in [0.5, 0.6) is 0 Å². The number of benzene rings is 1. The molecule has 2 fully saturated rings. The molecular weight excluding hydrogens is 397 g/mol. The van der Waals surface area contributed by atoms with Gasteiger partial charge in [-0.2, -0.15) is 4.98 Å². The number of halogens is 1. The number of rotatable bonds is 3. The van der Waals surface area contributed by atoms with Crippen LogP contribution in [0.4, 0.5) is 10.2 Å². The zero-order valence-electron chi connectivity index (χ0n) is 17.6. The average Bonchev–Trinajstić information content (AvgIpc) is 3.24. The number of piperidine rings is 2. The maximum Gasteiger partial charge on any atom is 0.263 e. The molecule has 0 unspecified atom stereocenters. The lowest BCUT2D eigenvalue weighted by Crippen LogP contribution is -2.47. The summed E-state index contributed by atoms with van der Waals surface area (Å²) in [6.07, 6.45) is 5.44. The molecule has 0 radical (unpaired) electrons. The number of amides is 1. The zero-order valence-corrected chi connectivity index (χ0v) is 17.6. The third kappa shape index (κ3) is 3.86. The molecule has 0 bridgehead atoms. The first kappa shape index (κ1) is 19.9. The van der Waals surface area contributed by atoms with Crippen molar-refractivity contribution in [2.45, 2.75) is 32.6 Å². The van der Waals surface area contributed by atoms with Crippen molar-refractivity contribution in [1.82, 2.24) is 20.0 Å². The Bertz CT molecular complexity index is 1080. The fourth-order valence-corrected chi connectivity index (χ4v) is 4.67. The van der Waals surface area contributed by atoms with E-state index in [9.17, 15) is 9.18 Å². The van der Waals surface area contributed by atoms with Crippen molar-refractivity contribution in [3.8, 4) is 11.3 Å². The first-order valence-corrected chi connectivity index (χ1v) is 11.0. The van der Waals surface area contributed by atoms with E-state index in [2.05, 4.69) is 26.9 Å². The highest BCUT2D eigenvalue weighted by Crippen LogP contribution is 2.35. The summed E-state index contributed by atoms with van der Waals surface area (Å²) in [4.78, 5) is 26.1. The molecule has 0 saturated carbocycles. The predicted molar refractivity (Wildman–Crippen MR) is 115 cm³/mol. The Morgan fingerprint density at radius 2 is 1.87 bits per heavy atom. The smallest absolute Gasteiger partial charge is 0.263 e. The first-order valence-electron chi connectivity index (χ1n) is 11.0. The number of hydrogen-bond donors (Lipinski definition) is 0. The molecule has 2 aromatic heterocycles. The fraction of sp³-hybridized carbons (Fsp3) is 0.478. The minimum Gasteiger partial charge on any atom is -0.355 e. The van der Waals surface area contributed by atoms with Gasteiger partial charge in [-0.25, -0.2) is 9.37 Å². The predicted octanol–water partition coefficient (Wildman–Crippen LogP) is 3.90. The topological polar surface area (TPSA) is 75.4 Å². The highest BCUT2D eigenvalue weighted by Gasteiger charge is 2.32. The van der Waals surface area contributed by atoms with Crippen molar-refractivity contribution in [3.63, 3.8) is 0 Å². The van der Waals surface area contributed by atoms with Gasteiger partial charge in [0.15, 0.2) is 0 Å². The highest BCUT2D eigenvalue weighted by molar-refractivity contribution is 5.98. The third-order valence-electron chi connectivity index (χ3n) is 6.54. The number of likely N-dealkylation sites (tertiary alicyclic amines) is 1. The number of carbonyl (C=O) groups is 1. The molecule has 0 N–H and O–H groups in total. The molecule has 1 atom stereocenters. The van der Waals surface area contributed by atoms with E-state index in [4.69, 9.17) is 4.52 Å². The van der Waals surface area contributed by atoms with Crippen molar-refractivity contribution in [3.05, 3.63) is 36.4 Å². The van der Waals surface area contributed by atoms with Crippen molar-refractivity contribution >= 4 is 22.8 Å². The molecule has 162 valence electrons. The van der Waals surface area contributed by atoms with Crippen LogP contribution in [0.15, 0.2) is 35.1 Å². The van der Waals surface area contributed by atoms with E-state index < -0.39 is 0 Å². The molecule has 8 heteroatoms. The van der Waals surface area contributed by atoms with Crippen molar-refractivity contribution < 1.29 is 13.7 Å². The second-order valence-electron chi connectivity index (χ2n) is 8.71. The molecule has 2 saturated heterocycles. The molecule has 0 aliphatic carbocycles. The van der Waals surface area contributed by atoms with Crippen LogP contribution in [0.2, 0.25) is 0 Å². The quantitative estimate of drug-likeness (QED) is 0.636. The van der Waals surface area contributed by atoms with Crippen LogP contribution >= 0.6 is 0 Å². The number of anilines is 1. The van der Waals surface area contributed by atoms with E-state index >= 15 is 0 Å². The third-order valence-corrected chi connectivity index (χ3v) is 6.54. The van der Waals surface area contributed by atoms with E-state index in [-0.39, 0.29) is 17.6 Å². The summed E-state index contributed by atoms with van der Waals surface area (Å²) in [6, 6.07) is 6.13. The Labute approximate surface area is 180 Å². The Kier molecular flexibility index (Phi) is 5.29. The average molecular weight is 423 g/mol. The fourth-order valence-electron chi connectivity index (χ4n) is 4.67. The lowest BCUT2D eigenvalue weighted by atomic mass is 9.93. The molecule has 2 aliphatic heterocycles. The van der Waals surface area contributed by atoms with E-state index in [0.717, 1.165) is 56.7 Å². The lowest BCUT2D eigenvalue weighted by Gasteiger charge is -2.37. The number of carbonyl (C=O) groups excluding carboxylic acids is 1. The normalized spacial score (nSPS) is 20.4. The van der Waals surface area contributed by atoms with Crippen molar-refractivity contribution in [2.75, 3.05) is 31.1 Å². The molecule has 5 rings (SSSR count). The van der Waals surface area contributed by atoms with Crippen molar-refractivity contribution in [1.29, 1.82) is 0 Å². The van der Waals surface area contributed by atoms with Gasteiger partial charge in [0, 0.05) is 31.7 Å². The largest absolute Gasteiger partial charge is 0.355 e. The van der Waals surface area contributed by atoms with Gasteiger partial charge in [0.2, 0.25) is 5.91 Å². The minimum absolute atomic E-state index is 0.0405. The Balaban J connectivity index is 1.43. The second-order valence-corrected chi connectivity index (χ2v) is 8.71. The number of aromatic nitrogens is 3. The molecule has 1 aromatic carbocycles. The maximum atomic E-state index is 13.4. The number of nitrogens with zero attached hydrogens (tertiary/aromatic N) is 5. The minimum atomic E-state index is -0.308. The Morgan fingerprint density at radius 3 is 2.65 bits per heavy atom. The van der Waals surface area contributed by atoms with Gasteiger partial charge in [-0.1, -0.05) is 12.1 Å². The van der Waals surface area contributed by atoms with E-state index in [0.29, 0.717) is 29.3 Å². The molecule has 7 nitrogen and oxygen atoms in total. The Hall–Kier alpha value is -3.03. The molecule has 1 amide bonds. The van der Waals surface area contributed by atoms with Gasteiger partial charge in [-0.3, -0.25) is 4.79 Å². The van der Waals surface area contributed by atoms with Crippen LogP contribution in [0.3, 0.4) is 0 Å². The summed E-state index contributed by atoms with van der Waals surface area (Å²) in [6.45, 7) is 5.39. The van der Waals surface area contributed by atoms with E-state index in [1.54, 1.807) is 12.1 Å². The van der Waals surface area contributed by atoms with E-state index in [1.807, 2.05) is 4.90 Å². The van der Waals surface area contributed by atoms with Crippen LogP contribution in [0.1, 0.15) is 32.6 Å². The van der Waals surface area contributed by atoms with E-state index in [1.165, 1.54) is 18.5 Å². The van der Waals surface area contributed by atoms with Gasteiger partial charge in [0.25, 0.3) is 5.71 Å². The highest BCUT2D eigenvalue weighted by atomic mass is 19.1. The summed E-state index contributed by atoms with van der Waals surface area (Å²) in [7, 11) is 0. The van der Waals surface area contributed by atoms with Gasteiger partial charge >= 0.3 is 0 Å². The van der Waals surface area contributed by atoms with Gasteiger partial charge in [0.1, 0.15) is 29.0 Å². The summed E-state index contributed by atoms with van der Waals surface area (Å²) in [5.41, 5.74) is 1.72. The lowest BCUT2D eigenvalue weighted by molar-refractivity contribution is -0.137. The van der Waals surface area contributed by atoms with Gasteiger partial charge < -0.3 is 14.3 Å². The molecule has 2 aliphatic rings. The molecule has 31 heavy (non-hydrogen) atoms.